The second-order valence-corrected chi connectivity index (χ2v) is 7.46. The molecule has 0 fully saturated rings. The van der Waals surface area contributed by atoms with E-state index in [9.17, 15) is 14.4 Å². The monoisotopic (exact) mass is 391 g/mol. The number of nitrogens with zero attached hydrogens (tertiary/aromatic N) is 2. The second kappa shape index (κ2) is 8.34. The van der Waals surface area contributed by atoms with Gasteiger partial charge in [-0.05, 0) is 31.2 Å². The largest absolute Gasteiger partial charge is 0.481 e. The third kappa shape index (κ3) is 4.36. The van der Waals surface area contributed by atoms with Crippen LogP contribution in [0.5, 0.6) is 0 Å². The molecule has 0 spiro atoms. The van der Waals surface area contributed by atoms with Gasteiger partial charge in [0.25, 0.3) is 5.91 Å². The highest BCUT2D eigenvalue weighted by molar-refractivity contribution is 7.17. The van der Waals surface area contributed by atoms with Crippen molar-refractivity contribution in [3.8, 4) is 0 Å². The van der Waals surface area contributed by atoms with Crippen molar-refractivity contribution in [3.63, 3.8) is 0 Å². The lowest BCUT2D eigenvalue weighted by molar-refractivity contribution is -0.137. The number of carboxylic acids is 1. The summed E-state index contributed by atoms with van der Waals surface area (Å²) in [4.78, 5) is 36.7. The van der Waals surface area contributed by atoms with E-state index < -0.39 is 17.8 Å². The van der Waals surface area contributed by atoms with E-state index in [0.717, 1.165) is 42.5 Å². The number of esters is 1. The van der Waals surface area contributed by atoms with Gasteiger partial charge in [0.15, 0.2) is 0 Å². The highest BCUT2D eigenvalue weighted by Gasteiger charge is 2.26. The smallest absolute Gasteiger partial charge is 0.341 e. The van der Waals surface area contributed by atoms with Crippen molar-refractivity contribution in [3.05, 3.63) is 34.0 Å². The summed E-state index contributed by atoms with van der Waals surface area (Å²) in [6.07, 6.45) is 7.70. The molecule has 9 heteroatoms. The average Bonchev–Trinajstić information content (AvgIpc) is 3.18. The highest BCUT2D eigenvalue weighted by Crippen LogP contribution is 2.38. The molecule has 8 nitrogen and oxygen atoms in total. The van der Waals surface area contributed by atoms with Crippen molar-refractivity contribution in [2.45, 2.75) is 45.1 Å². The van der Waals surface area contributed by atoms with E-state index in [0.29, 0.717) is 16.1 Å². The minimum absolute atomic E-state index is 0.0765. The third-order valence-corrected chi connectivity index (χ3v) is 5.70. The Bertz CT molecular complexity index is 870. The van der Waals surface area contributed by atoms with E-state index >= 15 is 0 Å². The molecule has 0 saturated heterocycles. The second-order valence-electron chi connectivity index (χ2n) is 6.35. The Morgan fingerprint density at radius 1 is 1.30 bits per heavy atom. The van der Waals surface area contributed by atoms with Gasteiger partial charge in [0.2, 0.25) is 0 Å². The molecule has 0 unspecified atom stereocenters. The topological polar surface area (TPSA) is 111 Å². The number of aromatic nitrogens is 2. The van der Waals surface area contributed by atoms with Gasteiger partial charge < -0.3 is 15.2 Å². The molecule has 0 aliphatic heterocycles. The van der Waals surface area contributed by atoms with E-state index in [2.05, 4.69) is 10.4 Å². The molecule has 2 aromatic heterocycles. The number of methoxy groups -OCH3 is 1. The maximum absolute atomic E-state index is 12.6. The first kappa shape index (κ1) is 19.1. The number of aliphatic carboxylic acids is 1. The van der Waals surface area contributed by atoms with Crippen LogP contribution >= 0.6 is 11.3 Å². The van der Waals surface area contributed by atoms with Crippen molar-refractivity contribution in [1.29, 1.82) is 0 Å². The zero-order valence-electron chi connectivity index (χ0n) is 15.0. The zero-order chi connectivity index (χ0) is 19.4. The number of carbonyl (C=O) groups is 3. The molecule has 0 radical (unpaired) electrons. The number of fused-ring (bicyclic) bond motifs is 1. The molecule has 27 heavy (non-hydrogen) atoms. The number of hydrogen-bond acceptors (Lipinski definition) is 6. The van der Waals surface area contributed by atoms with E-state index in [1.807, 2.05) is 0 Å². The summed E-state index contributed by atoms with van der Waals surface area (Å²) >= 11 is 1.43. The van der Waals surface area contributed by atoms with E-state index in [4.69, 9.17) is 9.84 Å². The fourth-order valence-electron chi connectivity index (χ4n) is 3.14. The summed E-state index contributed by atoms with van der Waals surface area (Å²) in [6.45, 7) is 0.184. The number of carboxylic acid groups (broad SMARTS) is 1. The number of ether oxygens (including phenoxy) is 1. The molecule has 1 aliphatic rings. The van der Waals surface area contributed by atoms with E-state index in [1.54, 1.807) is 0 Å². The number of aryl methyl sites for hydroxylation is 2. The Labute approximate surface area is 160 Å². The van der Waals surface area contributed by atoms with Crippen LogP contribution in [0.4, 0.5) is 5.00 Å². The van der Waals surface area contributed by atoms with Gasteiger partial charge in [-0.25, -0.2) is 4.79 Å². The molecule has 144 valence electrons. The van der Waals surface area contributed by atoms with Crippen molar-refractivity contribution >= 4 is 34.2 Å². The van der Waals surface area contributed by atoms with Crippen molar-refractivity contribution in [1.82, 2.24) is 9.78 Å². The molecular formula is C18H21N3O5S. The van der Waals surface area contributed by atoms with Crippen LogP contribution in [0.1, 0.15) is 56.8 Å². The van der Waals surface area contributed by atoms with Crippen molar-refractivity contribution in [2.24, 2.45) is 0 Å². The van der Waals surface area contributed by atoms with Gasteiger partial charge in [-0.2, -0.15) is 5.10 Å². The molecule has 2 aromatic rings. The number of carbonyl (C=O) groups excluding carboxylic acids is 2. The fraction of sp³-hybridized carbons (Fsp3) is 0.444. The van der Waals surface area contributed by atoms with Crippen molar-refractivity contribution in [2.75, 3.05) is 12.4 Å². The summed E-state index contributed by atoms with van der Waals surface area (Å²) in [5, 5.41) is 16.0. The van der Waals surface area contributed by atoms with Gasteiger partial charge >= 0.3 is 11.9 Å². The zero-order valence-corrected chi connectivity index (χ0v) is 15.8. The predicted molar refractivity (Wildman–Crippen MR) is 99.4 cm³/mol. The van der Waals surface area contributed by atoms with Crippen LogP contribution in [0.15, 0.2) is 12.4 Å². The minimum Gasteiger partial charge on any atom is -0.481 e. The first-order valence-corrected chi connectivity index (χ1v) is 9.59. The lowest BCUT2D eigenvalue weighted by Crippen LogP contribution is -2.14. The molecular weight excluding hydrogens is 370 g/mol. The van der Waals surface area contributed by atoms with Crippen LogP contribution in [0.3, 0.4) is 0 Å². The van der Waals surface area contributed by atoms with E-state index in [1.165, 1.54) is 35.5 Å². The number of anilines is 1. The number of thiophene rings is 1. The van der Waals surface area contributed by atoms with Gasteiger partial charge in [-0.15, -0.1) is 11.3 Å². The van der Waals surface area contributed by atoms with Crippen LogP contribution < -0.4 is 5.32 Å². The number of hydrogen-bond donors (Lipinski definition) is 2. The average molecular weight is 391 g/mol. The SMILES string of the molecule is COC(=O)c1c(NC(=O)c2cnn(CCC(=O)O)c2)sc2c1CCCCC2. The molecule has 1 amide bonds. The number of nitrogens with one attached hydrogen (secondary N) is 1. The quantitative estimate of drug-likeness (QED) is 0.579. The standard InChI is InChI=1S/C18H21N3O5S/c1-26-18(25)15-12-5-3-2-4-6-13(12)27-17(15)20-16(24)11-9-19-21(10-11)8-7-14(22)23/h9-10H,2-8H2,1H3,(H,20,24)(H,22,23). The molecule has 2 N–H and O–H groups in total. The normalized spacial score (nSPS) is 13.5. The Balaban J connectivity index is 1.81. The van der Waals surface area contributed by atoms with Gasteiger partial charge in [0.1, 0.15) is 5.00 Å². The summed E-state index contributed by atoms with van der Waals surface area (Å²) < 4.78 is 6.34. The van der Waals surface area contributed by atoms with Gasteiger partial charge in [-0.1, -0.05) is 6.42 Å². The van der Waals surface area contributed by atoms with Crippen LogP contribution in [-0.2, 0) is 28.9 Å². The lowest BCUT2D eigenvalue weighted by Gasteiger charge is -2.06. The number of amides is 1. The molecule has 3 rings (SSSR count). The molecule has 2 heterocycles. The maximum atomic E-state index is 12.6. The Kier molecular flexibility index (Phi) is 5.90. The molecule has 0 saturated carbocycles. The van der Waals surface area contributed by atoms with Gasteiger partial charge in [0.05, 0.1) is 37.4 Å². The Morgan fingerprint density at radius 3 is 2.81 bits per heavy atom. The van der Waals surface area contributed by atoms with Gasteiger partial charge in [-0.3, -0.25) is 14.3 Å². The summed E-state index contributed by atoms with van der Waals surface area (Å²) in [5.41, 5.74) is 1.74. The first-order valence-electron chi connectivity index (χ1n) is 8.78. The first-order chi connectivity index (χ1) is 13.0. The van der Waals surface area contributed by atoms with Crippen LogP contribution in [0, 0.1) is 0 Å². The highest BCUT2D eigenvalue weighted by atomic mass is 32.1. The lowest BCUT2D eigenvalue weighted by atomic mass is 10.1. The molecule has 0 aromatic carbocycles. The fourth-order valence-corrected chi connectivity index (χ4v) is 4.41. The predicted octanol–water partition coefficient (Wildman–Crippen LogP) is 2.73. The van der Waals surface area contributed by atoms with Gasteiger partial charge in [0, 0.05) is 11.1 Å². The maximum Gasteiger partial charge on any atom is 0.341 e. The van der Waals surface area contributed by atoms with Crippen LogP contribution in [-0.4, -0.2) is 39.8 Å². The van der Waals surface area contributed by atoms with Crippen LogP contribution in [0.2, 0.25) is 0 Å². The van der Waals surface area contributed by atoms with E-state index in [-0.39, 0.29) is 13.0 Å². The summed E-state index contributed by atoms with van der Waals surface area (Å²) in [7, 11) is 1.33. The Hall–Kier alpha value is -2.68. The van der Waals surface area contributed by atoms with Crippen molar-refractivity contribution < 1.29 is 24.2 Å². The minimum atomic E-state index is -0.931. The molecule has 0 atom stereocenters. The molecule has 1 aliphatic carbocycles. The number of rotatable bonds is 6. The molecule has 0 bridgehead atoms. The summed E-state index contributed by atoms with van der Waals surface area (Å²) in [6, 6.07) is 0. The Morgan fingerprint density at radius 2 is 2.07 bits per heavy atom. The summed E-state index contributed by atoms with van der Waals surface area (Å²) in [5.74, 6) is -1.76. The van der Waals surface area contributed by atoms with Crippen LogP contribution in [0.25, 0.3) is 0 Å². The third-order valence-electron chi connectivity index (χ3n) is 4.49.